The van der Waals surface area contributed by atoms with E-state index >= 15 is 0 Å². The Hall–Kier alpha value is -3.02. The number of pyridine rings is 1. The van der Waals surface area contributed by atoms with Gasteiger partial charge in [-0.05, 0) is 29.2 Å². The quantitative estimate of drug-likeness (QED) is 0.516. The van der Waals surface area contributed by atoms with Gasteiger partial charge in [0, 0.05) is 6.20 Å². The highest BCUT2D eigenvalue weighted by atomic mass is 16.2. The van der Waals surface area contributed by atoms with E-state index in [0.717, 1.165) is 5.56 Å². The zero-order valence-electron chi connectivity index (χ0n) is 13.0. The van der Waals surface area contributed by atoms with Crippen LogP contribution < -0.4 is 10.7 Å². The largest absolute Gasteiger partial charge is 0.329 e. The first-order chi connectivity index (χ1) is 11.1. The second-order valence-corrected chi connectivity index (χ2v) is 5.19. The molecule has 2 N–H and O–H groups in total. The summed E-state index contributed by atoms with van der Waals surface area (Å²) < 4.78 is 0. The predicted molar refractivity (Wildman–Crippen MR) is 89.1 cm³/mol. The summed E-state index contributed by atoms with van der Waals surface area (Å²) in [5, 5.41) is 6.15. The minimum Gasteiger partial charge on any atom is -0.302 e. The topological polar surface area (TPSA) is 83.5 Å². The van der Waals surface area contributed by atoms with E-state index in [-0.39, 0.29) is 0 Å². The molecular weight excluding hydrogens is 292 g/mol. The summed E-state index contributed by atoms with van der Waals surface area (Å²) in [6, 6.07) is 12.8. The molecule has 1 heterocycles. The number of nitrogens with zero attached hydrogens (tertiary/aromatic N) is 2. The van der Waals surface area contributed by atoms with Crippen molar-refractivity contribution < 1.29 is 9.59 Å². The van der Waals surface area contributed by atoms with Gasteiger partial charge in [0.05, 0.1) is 6.21 Å². The number of nitrogens with one attached hydrogen (secondary N) is 2. The zero-order valence-corrected chi connectivity index (χ0v) is 13.0. The molecule has 6 nitrogen and oxygen atoms in total. The summed E-state index contributed by atoms with van der Waals surface area (Å²) in [6.45, 7) is 4.23. The van der Waals surface area contributed by atoms with Crippen LogP contribution in [0.15, 0.2) is 53.8 Å². The van der Waals surface area contributed by atoms with Gasteiger partial charge in [-0.1, -0.05) is 44.2 Å². The summed E-state index contributed by atoms with van der Waals surface area (Å²) in [5.41, 5.74) is 4.24. The lowest BCUT2D eigenvalue weighted by molar-refractivity contribution is -0.136. The van der Waals surface area contributed by atoms with Gasteiger partial charge in [-0.2, -0.15) is 5.10 Å². The van der Waals surface area contributed by atoms with Crippen molar-refractivity contribution in [1.82, 2.24) is 10.4 Å². The Morgan fingerprint density at radius 3 is 2.43 bits per heavy atom. The molecular formula is C17H18N4O2. The average molecular weight is 310 g/mol. The number of aromatic nitrogens is 1. The van der Waals surface area contributed by atoms with Crippen LogP contribution in [0.1, 0.15) is 30.9 Å². The van der Waals surface area contributed by atoms with E-state index < -0.39 is 11.8 Å². The summed E-state index contributed by atoms with van der Waals surface area (Å²) in [5.74, 6) is -0.918. The molecule has 118 valence electrons. The normalized spacial score (nSPS) is 10.7. The van der Waals surface area contributed by atoms with Crippen LogP contribution in [0.3, 0.4) is 0 Å². The van der Waals surface area contributed by atoms with Crippen LogP contribution in [-0.4, -0.2) is 23.0 Å². The van der Waals surface area contributed by atoms with E-state index in [1.807, 2.05) is 24.3 Å². The molecule has 0 spiro atoms. The van der Waals surface area contributed by atoms with Crippen molar-refractivity contribution in [2.45, 2.75) is 19.8 Å². The molecule has 0 unspecified atom stereocenters. The molecule has 23 heavy (non-hydrogen) atoms. The molecule has 0 aliphatic carbocycles. The van der Waals surface area contributed by atoms with Crippen LogP contribution in [0.4, 0.5) is 5.82 Å². The van der Waals surface area contributed by atoms with Crippen molar-refractivity contribution in [2.75, 3.05) is 5.32 Å². The molecule has 0 aliphatic heterocycles. The number of hydrogen-bond donors (Lipinski definition) is 2. The van der Waals surface area contributed by atoms with Crippen molar-refractivity contribution in [3.63, 3.8) is 0 Å². The number of hydrogen-bond acceptors (Lipinski definition) is 4. The number of anilines is 1. The second-order valence-electron chi connectivity index (χ2n) is 5.19. The summed E-state index contributed by atoms with van der Waals surface area (Å²) >= 11 is 0. The fraction of sp³-hybridized carbons (Fsp3) is 0.176. The van der Waals surface area contributed by atoms with Crippen LogP contribution in [0.2, 0.25) is 0 Å². The van der Waals surface area contributed by atoms with Gasteiger partial charge in [0.15, 0.2) is 0 Å². The Morgan fingerprint density at radius 1 is 1.09 bits per heavy atom. The fourth-order valence-corrected chi connectivity index (χ4v) is 1.79. The third-order valence-electron chi connectivity index (χ3n) is 3.10. The minimum atomic E-state index is -0.856. The van der Waals surface area contributed by atoms with Gasteiger partial charge in [-0.15, -0.1) is 0 Å². The Balaban J connectivity index is 1.87. The Labute approximate surface area is 134 Å². The van der Waals surface area contributed by atoms with Crippen LogP contribution in [0, 0.1) is 0 Å². The summed E-state index contributed by atoms with van der Waals surface area (Å²) in [7, 11) is 0. The van der Waals surface area contributed by atoms with Crippen molar-refractivity contribution in [3.8, 4) is 0 Å². The first kappa shape index (κ1) is 16.4. The van der Waals surface area contributed by atoms with Crippen molar-refractivity contribution in [2.24, 2.45) is 5.10 Å². The van der Waals surface area contributed by atoms with E-state index in [2.05, 4.69) is 34.7 Å². The lowest BCUT2D eigenvalue weighted by atomic mass is 10.0. The average Bonchev–Trinajstić information content (AvgIpc) is 2.56. The standard InChI is InChI=1S/C17H18N4O2/c1-12(2)14-8-6-13(7-9-14)11-19-21-17(23)16(22)20-15-5-3-4-10-18-15/h3-12H,1-2H3,(H,21,23)(H,18,20,22)/b19-11-. The molecule has 0 aliphatic rings. The van der Waals surface area contributed by atoms with Crippen molar-refractivity contribution in [1.29, 1.82) is 0 Å². The lowest BCUT2D eigenvalue weighted by Crippen LogP contribution is -2.32. The number of hydrazone groups is 1. The summed E-state index contributed by atoms with van der Waals surface area (Å²) in [4.78, 5) is 27.2. The van der Waals surface area contributed by atoms with Gasteiger partial charge in [0.2, 0.25) is 0 Å². The Bertz CT molecular complexity index is 694. The van der Waals surface area contributed by atoms with E-state index in [1.165, 1.54) is 18.0 Å². The van der Waals surface area contributed by atoms with E-state index in [1.54, 1.807) is 18.2 Å². The lowest BCUT2D eigenvalue weighted by Gasteiger charge is -2.04. The van der Waals surface area contributed by atoms with Gasteiger partial charge >= 0.3 is 11.8 Å². The SMILES string of the molecule is CC(C)c1ccc(/C=N\NC(=O)C(=O)Nc2ccccn2)cc1. The second kappa shape index (κ2) is 7.84. The Kier molecular flexibility index (Phi) is 5.57. The van der Waals surface area contributed by atoms with Crippen LogP contribution in [0.25, 0.3) is 0 Å². The van der Waals surface area contributed by atoms with E-state index in [9.17, 15) is 9.59 Å². The molecule has 2 aromatic rings. The third kappa shape index (κ3) is 5.03. The maximum atomic E-state index is 11.6. The highest BCUT2D eigenvalue weighted by Crippen LogP contribution is 2.13. The van der Waals surface area contributed by atoms with Gasteiger partial charge in [0.1, 0.15) is 5.82 Å². The molecule has 0 radical (unpaired) electrons. The first-order valence-electron chi connectivity index (χ1n) is 7.21. The molecule has 2 amide bonds. The number of amides is 2. The third-order valence-corrected chi connectivity index (χ3v) is 3.10. The number of carbonyl (C=O) groups is 2. The monoisotopic (exact) mass is 310 g/mol. The van der Waals surface area contributed by atoms with Crippen molar-refractivity contribution in [3.05, 3.63) is 59.8 Å². The first-order valence-corrected chi connectivity index (χ1v) is 7.21. The van der Waals surface area contributed by atoms with E-state index in [0.29, 0.717) is 11.7 Å². The van der Waals surface area contributed by atoms with Crippen molar-refractivity contribution >= 4 is 23.8 Å². The number of benzene rings is 1. The highest BCUT2D eigenvalue weighted by molar-refractivity contribution is 6.39. The van der Waals surface area contributed by atoms with Gasteiger partial charge in [-0.25, -0.2) is 10.4 Å². The van der Waals surface area contributed by atoms with Crippen LogP contribution >= 0.6 is 0 Å². The van der Waals surface area contributed by atoms with Gasteiger partial charge in [-0.3, -0.25) is 9.59 Å². The smallest absolute Gasteiger partial charge is 0.302 e. The summed E-state index contributed by atoms with van der Waals surface area (Å²) in [6.07, 6.45) is 3.00. The molecule has 0 bridgehead atoms. The number of rotatable bonds is 4. The maximum Gasteiger partial charge on any atom is 0.329 e. The van der Waals surface area contributed by atoms with Gasteiger partial charge < -0.3 is 5.32 Å². The molecule has 0 saturated carbocycles. The molecule has 1 aromatic heterocycles. The highest BCUT2D eigenvalue weighted by Gasteiger charge is 2.12. The number of carbonyl (C=O) groups excluding carboxylic acids is 2. The fourth-order valence-electron chi connectivity index (χ4n) is 1.79. The maximum absolute atomic E-state index is 11.6. The molecule has 0 atom stereocenters. The van der Waals surface area contributed by atoms with Crippen LogP contribution in [0.5, 0.6) is 0 Å². The molecule has 0 saturated heterocycles. The molecule has 1 aromatic carbocycles. The Morgan fingerprint density at radius 2 is 1.83 bits per heavy atom. The van der Waals surface area contributed by atoms with Crippen LogP contribution in [-0.2, 0) is 9.59 Å². The van der Waals surface area contributed by atoms with Gasteiger partial charge in [0.25, 0.3) is 0 Å². The molecule has 2 rings (SSSR count). The predicted octanol–water partition coefficient (Wildman–Crippen LogP) is 2.29. The zero-order chi connectivity index (χ0) is 16.7. The minimum absolute atomic E-state index is 0.306. The molecule has 0 fully saturated rings. The van der Waals surface area contributed by atoms with E-state index in [4.69, 9.17) is 0 Å². The molecule has 6 heteroatoms.